The van der Waals surface area contributed by atoms with Crippen LogP contribution >= 0.6 is 0 Å². The second-order valence-corrected chi connectivity index (χ2v) is 5.85. The van der Waals surface area contributed by atoms with Crippen LogP contribution in [0.5, 0.6) is 5.75 Å². The maximum atomic E-state index is 14.2. The van der Waals surface area contributed by atoms with Crippen LogP contribution in [0.3, 0.4) is 0 Å². The third-order valence-corrected chi connectivity index (χ3v) is 4.15. The van der Waals surface area contributed by atoms with Gasteiger partial charge in [0.25, 0.3) is 0 Å². The summed E-state index contributed by atoms with van der Waals surface area (Å²) in [6.45, 7) is 7.90. The molecule has 0 aliphatic rings. The minimum absolute atomic E-state index is 0.0591. The predicted molar refractivity (Wildman–Crippen MR) is 94.9 cm³/mol. The molecule has 24 heavy (non-hydrogen) atoms. The highest BCUT2D eigenvalue weighted by Gasteiger charge is 2.12. The first kappa shape index (κ1) is 18.0. The van der Waals surface area contributed by atoms with E-state index in [4.69, 9.17) is 4.74 Å². The second-order valence-electron chi connectivity index (χ2n) is 5.85. The maximum Gasteiger partial charge on any atom is 0.224 e. The molecule has 0 saturated carbocycles. The number of ether oxygens (including phenoxy) is 1. The van der Waals surface area contributed by atoms with Gasteiger partial charge in [0.05, 0.1) is 0 Å². The fourth-order valence-corrected chi connectivity index (χ4v) is 2.59. The van der Waals surface area contributed by atoms with Crippen LogP contribution in [0.25, 0.3) is 0 Å². The summed E-state index contributed by atoms with van der Waals surface area (Å²) in [7, 11) is 0. The number of hydrogen-bond donors (Lipinski definition) is 1. The zero-order chi connectivity index (χ0) is 17.7. The van der Waals surface area contributed by atoms with E-state index in [1.54, 1.807) is 13.0 Å². The topological polar surface area (TPSA) is 38.3 Å². The van der Waals surface area contributed by atoms with E-state index in [0.29, 0.717) is 12.1 Å². The normalized spacial score (nSPS) is 10.5. The number of benzene rings is 2. The van der Waals surface area contributed by atoms with Gasteiger partial charge in [-0.05, 0) is 55.2 Å². The van der Waals surface area contributed by atoms with Gasteiger partial charge in [-0.2, -0.15) is 0 Å². The van der Waals surface area contributed by atoms with Crippen molar-refractivity contribution >= 4 is 11.6 Å². The molecule has 128 valence electrons. The van der Waals surface area contributed by atoms with Crippen LogP contribution in [0.15, 0.2) is 30.3 Å². The molecule has 2 aromatic carbocycles. The van der Waals surface area contributed by atoms with E-state index in [1.807, 2.05) is 39.0 Å². The Bertz CT molecular complexity index is 741. The second kappa shape index (κ2) is 7.95. The lowest BCUT2D eigenvalue weighted by Gasteiger charge is -2.15. The quantitative estimate of drug-likeness (QED) is 0.816. The molecule has 1 amide bonds. The van der Waals surface area contributed by atoms with E-state index in [-0.39, 0.29) is 24.1 Å². The van der Waals surface area contributed by atoms with Crippen molar-refractivity contribution < 1.29 is 13.9 Å². The Labute approximate surface area is 142 Å². The molecule has 0 aliphatic carbocycles. The van der Waals surface area contributed by atoms with Gasteiger partial charge in [-0.3, -0.25) is 4.79 Å². The average Bonchev–Trinajstić information content (AvgIpc) is 2.56. The van der Waals surface area contributed by atoms with Gasteiger partial charge in [0.2, 0.25) is 5.91 Å². The molecule has 0 fully saturated rings. The summed E-state index contributed by atoms with van der Waals surface area (Å²) < 4.78 is 19.9. The minimum Gasteiger partial charge on any atom is -0.486 e. The fraction of sp³-hybridized carbons (Fsp3) is 0.350. The number of rotatable bonds is 6. The number of halogens is 1. The summed E-state index contributed by atoms with van der Waals surface area (Å²) in [5.74, 6) is -0.179. The molecule has 1 N–H and O–H groups in total. The maximum absolute atomic E-state index is 14.2. The number of amides is 1. The third kappa shape index (κ3) is 4.13. The van der Waals surface area contributed by atoms with E-state index in [1.165, 1.54) is 6.07 Å². The predicted octanol–water partition coefficient (Wildman–Crippen LogP) is 4.93. The van der Waals surface area contributed by atoms with Gasteiger partial charge in [-0.25, -0.2) is 4.39 Å². The molecule has 2 rings (SSSR count). The molecule has 0 spiro atoms. The lowest BCUT2D eigenvalue weighted by Crippen LogP contribution is -2.13. The van der Waals surface area contributed by atoms with E-state index < -0.39 is 0 Å². The summed E-state index contributed by atoms with van der Waals surface area (Å²) in [5, 5.41) is 2.87. The molecule has 0 atom stereocenters. The van der Waals surface area contributed by atoms with Gasteiger partial charge in [0.1, 0.15) is 6.61 Å². The summed E-state index contributed by atoms with van der Waals surface area (Å²) in [6, 6.07) is 8.92. The summed E-state index contributed by atoms with van der Waals surface area (Å²) in [6.07, 6.45) is 1.19. The van der Waals surface area contributed by atoms with Crippen LogP contribution in [-0.4, -0.2) is 5.91 Å². The van der Waals surface area contributed by atoms with Gasteiger partial charge < -0.3 is 10.1 Å². The van der Waals surface area contributed by atoms with Crippen molar-refractivity contribution in [1.82, 2.24) is 0 Å². The highest BCUT2D eigenvalue weighted by atomic mass is 19.1. The van der Waals surface area contributed by atoms with Gasteiger partial charge in [-0.1, -0.05) is 26.0 Å². The Hall–Kier alpha value is -2.36. The Morgan fingerprint density at radius 1 is 1.17 bits per heavy atom. The fourth-order valence-electron chi connectivity index (χ4n) is 2.59. The molecule has 0 radical (unpaired) electrons. The lowest BCUT2D eigenvalue weighted by atomic mass is 10.1. The van der Waals surface area contributed by atoms with Gasteiger partial charge >= 0.3 is 0 Å². The van der Waals surface area contributed by atoms with Crippen LogP contribution < -0.4 is 10.1 Å². The number of carbonyl (C=O) groups is 1. The largest absolute Gasteiger partial charge is 0.486 e. The molecular weight excluding hydrogens is 305 g/mol. The molecule has 4 heteroatoms. The van der Waals surface area contributed by atoms with Crippen molar-refractivity contribution in [3.05, 3.63) is 58.4 Å². The molecule has 0 aliphatic heterocycles. The highest BCUT2D eigenvalue weighted by Crippen LogP contribution is 2.26. The molecule has 0 aromatic heterocycles. The summed E-state index contributed by atoms with van der Waals surface area (Å²) >= 11 is 0. The van der Waals surface area contributed by atoms with E-state index in [0.717, 1.165) is 28.7 Å². The molecule has 0 unspecified atom stereocenters. The van der Waals surface area contributed by atoms with Crippen molar-refractivity contribution in [3.63, 3.8) is 0 Å². The molecule has 3 nitrogen and oxygen atoms in total. The van der Waals surface area contributed by atoms with Crippen LogP contribution in [0.2, 0.25) is 0 Å². The lowest BCUT2D eigenvalue weighted by molar-refractivity contribution is -0.115. The van der Waals surface area contributed by atoms with Gasteiger partial charge in [0, 0.05) is 17.7 Å². The first-order valence-corrected chi connectivity index (χ1v) is 8.26. The van der Waals surface area contributed by atoms with Crippen LogP contribution in [-0.2, 0) is 17.8 Å². The van der Waals surface area contributed by atoms with Crippen molar-refractivity contribution in [2.45, 2.75) is 47.1 Å². The number of anilines is 1. The van der Waals surface area contributed by atoms with E-state index >= 15 is 0 Å². The summed E-state index contributed by atoms with van der Waals surface area (Å²) in [5.41, 5.74) is 4.55. The standard InChI is InChI=1S/C20H24FNO2/c1-5-15-11-17(21)19(10-14(15)4)24-12-16-13(3)8-7-9-18(16)22-20(23)6-2/h7-11H,5-6,12H2,1-4H3,(H,22,23). The Morgan fingerprint density at radius 2 is 1.92 bits per heavy atom. The Kier molecular flexibility index (Phi) is 5.96. The Balaban J connectivity index is 2.23. The van der Waals surface area contributed by atoms with Crippen molar-refractivity contribution in [1.29, 1.82) is 0 Å². The first-order chi connectivity index (χ1) is 11.5. The monoisotopic (exact) mass is 329 g/mol. The zero-order valence-corrected chi connectivity index (χ0v) is 14.7. The zero-order valence-electron chi connectivity index (χ0n) is 14.7. The molecule has 2 aromatic rings. The van der Waals surface area contributed by atoms with Gasteiger partial charge in [-0.15, -0.1) is 0 Å². The number of carbonyl (C=O) groups excluding carboxylic acids is 1. The first-order valence-electron chi connectivity index (χ1n) is 8.26. The molecule has 0 saturated heterocycles. The molecule has 0 bridgehead atoms. The van der Waals surface area contributed by atoms with Crippen molar-refractivity contribution in [2.75, 3.05) is 5.32 Å². The average molecular weight is 329 g/mol. The Morgan fingerprint density at radius 3 is 2.58 bits per heavy atom. The minimum atomic E-state index is -0.356. The van der Waals surface area contributed by atoms with Crippen molar-refractivity contribution in [2.24, 2.45) is 0 Å². The van der Waals surface area contributed by atoms with Crippen LogP contribution in [0.1, 0.15) is 42.5 Å². The number of hydrogen-bond acceptors (Lipinski definition) is 2. The third-order valence-electron chi connectivity index (χ3n) is 4.15. The van der Waals surface area contributed by atoms with E-state index in [2.05, 4.69) is 5.32 Å². The smallest absolute Gasteiger partial charge is 0.224 e. The highest BCUT2D eigenvalue weighted by molar-refractivity contribution is 5.91. The van der Waals surface area contributed by atoms with Gasteiger partial charge in [0.15, 0.2) is 11.6 Å². The summed E-state index contributed by atoms with van der Waals surface area (Å²) in [4.78, 5) is 11.7. The number of nitrogens with one attached hydrogen (secondary N) is 1. The van der Waals surface area contributed by atoms with E-state index in [9.17, 15) is 9.18 Å². The SMILES string of the molecule is CCC(=O)Nc1cccc(C)c1COc1cc(C)c(CC)cc1F. The molecular formula is C20H24FNO2. The molecule has 0 heterocycles. The van der Waals surface area contributed by atoms with Crippen molar-refractivity contribution in [3.8, 4) is 5.75 Å². The van der Waals surface area contributed by atoms with Crippen LogP contribution in [0, 0.1) is 19.7 Å². The number of aryl methyl sites for hydroxylation is 3. The van der Waals surface area contributed by atoms with Crippen LogP contribution in [0.4, 0.5) is 10.1 Å².